The highest BCUT2D eigenvalue weighted by Crippen LogP contribution is 2.26. The topological polar surface area (TPSA) is 43.4 Å². The van der Waals surface area contributed by atoms with E-state index in [0.29, 0.717) is 12.0 Å². The van der Waals surface area contributed by atoms with E-state index < -0.39 is 5.92 Å². The van der Waals surface area contributed by atoms with Gasteiger partial charge in [-0.1, -0.05) is 24.3 Å². The molecule has 1 aliphatic carbocycles. The molecule has 1 aromatic rings. The smallest absolute Gasteiger partial charge is 0.174 e. The van der Waals surface area contributed by atoms with Crippen molar-refractivity contribution in [1.29, 1.82) is 0 Å². The fourth-order valence-corrected chi connectivity index (χ4v) is 1.94. The molecule has 3 heteroatoms. The van der Waals surface area contributed by atoms with Gasteiger partial charge < -0.3 is 4.74 Å². The Morgan fingerprint density at radius 3 is 2.87 bits per heavy atom. The number of hydrogen-bond donors (Lipinski definition) is 0. The molecular formula is C12H12O3. The predicted octanol–water partition coefficient (Wildman–Crippen LogP) is 1.26. The Bertz CT molecular complexity index is 409. The first-order valence-electron chi connectivity index (χ1n) is 4.88. The zero-order valence-corrected chi connectivity index (χ0v) is 8.53. The Morgan fingerprint density at radius 1 is 1.47 bits per heavy atom. The number of ether oxygens (including phenoxy) is 1. The van der Waals surface area contributed by atoms with Crippen LogP contribution in [0.4, 0.5) is 0 Å². The maximum absolute atomic E-state index is 11.8. The number of benzene rings is 1. The molecule has 0 fully saturated rings. The van der Waals surface area contributed by atoms with Gasteiger partial charge >= 0.3 is 0 Å². The van der Waals surface area contributed by atoms with Gasteiger partial charge in [-0.2, -0.15) is 0 Å². The fraction of sp³-hybridized carbons (Fsp3) is 0.333. The molecule has 0 aromatic heterocycles. The molecule has 1 aromatic carbocycles. The predicted molar refractivity (Wildman–Crippen MR) is 54.8 cm³/mol. The van der Waals surface area contributed by atoms with Crippen LogP contribution in [-0.4, -0.2) is 25.3 Å². The summed E-state index contributed by atoms with van der Waals surface area (Å²) in [6.07, 6.45) is 0.525. The van der Waals surface area contributed by atoms with Crippen LogP contribution in [-0.2, 0) is 16.0 Å². The quantitative estimate of drug-likeness (QED) is 0.696. The highest BCUT2D eigenvalue weighted by Gasteiger charge is 2.34. The summed E-state index contributed by atoms with van der Waals surface area (Å²) in [6.45, 7) is 0.0182. The lowest BCUT2D eigenvalue weighted by Gasteiger charge is -2.04. The Balaban J connectivity index is 2.24. The van der Waals surface area contributed by atoms with Gasteiger partial charge in [-0.05, 0) is 12.0 Å². The van der Waals surface area contributed by atoms with Gasteiger partial charge in [0.1, 0.15) is 6.61 Å². The van der Waals surface area contributed by atoms with E-state index in [9.17, 15) is 9.59 Å². The summed E-state index contributed by atoms with van der Waals surface area (Å²) in [5, 5.41) is 0. The second kappa shape index (κ2) is 3.95. The van der Waals surface area contributed by atoms with Gasteiger partial charge in [-0.3, -0.25) is 9.59 Å². The fourth-order valence-electron chi connectivity index (χ4n) is 1.94. The molecule has 0 bridgehead atoms. The Kier molecular flexibility index (Phi) is 2.64. The van der Waals surface area contributed by atoms with Crippen molar-refractivity contribution in [3.63, 3.8) is 0 Å². The van der Waals surface area contributed by atoms with E-state index in [4.69, 9.17) is 4.74 Å². The molecule has 0 spiro atoms. The summed E-state index contributed by atoms with van der Waals surface area (Å²) in [7, 11) is 1.46. The van der Waals surface area contributed by atoms with Crippen molar-refractivity contribution in [1.82, 2.24) is 0 Å². The summed E-state index contributed by atoms with van der Waals surface area (Å²) in [6, 6.07) is 7.38. The molecule has 3 nitrogen and oxygen atoms in total. The zero-order chi connectivity index (χ0) is 10.8. The number of hydrogen-bond acceptors (Lipinski definition) is 3. The molecule has 1 aliphatic rings. The van der Waals surface area contributed by atoms with Gasteiger partial charge in [0, 0.05) is 12.7 Å². The standard InChI is InChI=1S/C12H12O3/c1-15-7-11(13)10-6-8-4-2-3-5-9(8)12(10)14/h2-5,10H,6-7H2,1H3. The summed E-state index contributed by atoms with van der Waals surface area (Å²) in [5.74, 6) is -0.714. The number of ketones is 2. The van der Waals surface area contributed by atoms with Crippen LogP contribution in [0.2, 0.25) is 0 Å². The third kappa shape index (κ3) is 1.70. The molecule has 78 valence electrons. The average molecular weight is 204 g/mol. The molecule has 0 radical (unpaired) electrons. The van der Waals surface area contributed by atoms with Crippen molar-refractivity contribution < 1.29 is 14.3 Å². The largest absolute Gasteiger partial charge is 0.377 e. The number of rotatable bonds is 3. The second-order valence-electron chi connectivity index (χ2n) is 3.68. The first-order chi connectivity index (χ1) is 7.24. The van der Waals surface area contributed by atoms with E-state index in [2.05, 4.69) is 0 Å². The Morgan fingerprint density at radius 2 is 2.20 bits per heavy atom. The van der Waals surface area contributed by atoms with Crippen LogP contribution in [0.15, 0.2) is 24.3 Å². The number of carbonyl (C=O) groups excluding carboxylic acids is 2. The Hall–Kier alpha value is -1.48. The molecule has 2 rings (SSSR count). The van der Waals surface area contributed by atoms with Crippen LogP contribution in [0.5, 0.6) is 0 Å². The van der Waals surface area contributed by atoms with Gasteiger partial charge in [0.25, 0.3) is 0 Å². The average Bonchev–Trinajstić information content (AvgIpc) is 2.57. The van der Waals surface area contributed by atoms with Crippen LogP contribution in [0.25, 0.3) is 0 Å². The molecule has 1 unspecified atom stereocenters. The maximum Gasteiger partial charge on any atom is 0.174 e. The number of carbonyl (C=O) groups is 2. The molecule has 0 aliphatic heterocycles. The van der Waals surface area contributed by atoms with Crippen molar-refractivity contribution in [3.05, 3.63) is 35.4 Å². The van der Waals surface area contributed by atoms with Gasteiger partial charge in [-0.15, -0.1) is 0 Å². The second-order valence-corrected chi connectivity index (χ2v) is 3.68. The molecule has 0 saturated carbocycles. The van der Waals surface area contributed by atoms with Crippen LogP contribution < -0.4 is 0 Å². The number of Topliss-reactive ketones (excluding diaryl/α,β-unsaturated/α-hetero) is 2. The van der Waals surface area contributed by atoms with Gasteiger partial charge in [0.2, 0.25) is 0 Å². The van der Waals surface area contributed by atoms with Crippen LogP contribution in [0.1, 0.15) is 15.9 Å². The van der Waals surface area contributed by atoms with Gasteiger partial charge in [-0.25, -0.2) is 0 Å². The van der Waals surface area contributed by atoms with E-state index in [1.807, 2.05) is 18.2 Å². The number of methoxy groups -OCH3 is 1. The minimum absolute atomic E-state index is 0.0182. The van der Waals surface area contributed by atoms with Gasteiger partial charge in [0.05, 0.1) is 5.92 Å². The lowest BCUT2D eigenvalue weighted by atomic mass is 10.0. The van der Waals surface area contributed by atoms with Crippen LogP contribution in [0.3, 0.4) is 0 Å². The molecule has 1 atom stereocenters. The summed E-state index contributed by atoms with van der Waals surface area (Å²) < 4.78 is 4.76. The van der Waals surface area contributed by atoms with E-state index in [-0.39, 0.29) is 18.2 Å². The lowest BCUT2D eigenvalue weighted by Crippen LogP contribution is -2.24. The molecule has 0 heterocycles. The minimum Gasteiger partial charge on any atom is -0.377 e. The van der Waals surface area contributed by atoms with E-state index >= 15 is 0 Å². The first-order valence-corrected chi connectivity index (χ1v) is 4.88. The molecule has 0 N–H and O–H groups in total. The third-order valence-electron chi connectivity index (χ3n) is 2.70. The monoisotopic (exact) mass is 204 g/mol. The highest BCUT2D eigenvalue weighted by molar-refractivity contribution is 6.14. The Labute approximate surface area is 88.1 Å². The normalized spacial score (nSPS) is 19.0. The number of fused-ring (bicyclic) bond motifs is 1. The van der Waals surface area contributed by atoms with Crippen molar-refractivity contribution >= 4 is 11.6 Å². The maximum atomic E-state index is 11.8. The van der Waals surface area contributed by atoms with Gasteiger partial charge in [0.15, 0.2) is 11.6 Å². The van der Waals surface area contributed by atoms with E-state index in [1.165, 1.54) is 7.11 Å². The summed E-state index contributed by atoms with van der Waals surface area (Å²) in [4.78, 5) is 23.4. The SMILES string of the molecule is COCC(=O)C1Cc2ccccc2C1=O. The minimum atomic E-state index is -0.526. The van der Waals surface area contributed by atoms with Crippen molar-refractivity contribution in [3.8, 4) is 0 Å². The van der Waals surface area contributed by atoms with Crippen LogP contribution >= 0.6 is 0 Å². The molecular weight excluding hydrogens is 192 g/mol. The van der Waals surface area contributed by atoms with E-state index in [0.717, 1.165) is 5.56 Å². The lowest BCUT2D eigenvalue weighted by molar-refractivity contribution is -0.124. The summed E-state index contributed by atoms with van der Waals surface area (Å²) >= 11 is 0. The van der Waals surface area contributed by atoms with E-state index in [1.54, 1.807) is 6.07 Å². The van der Waals surface area contributed by atoms with Crippen molar-refractivity contribution in [2.45, 2.75) is 6.42 Å². The van der Waals surface area contributed by atoms with Crippen LogP contribution in [0, 0.1) is 5.92 Å². The molecule has 15 heavy (non-hydrogen) atoms. The molecule has 0 saturated heterocycles. The summed E-state index contributed by atoms with van der Waals surface area (Å²) in [5.41, 5.74) is 1.66. The zero-order valence-electron chi connectivity index (χ0n) is 8.53. The molecule has 0 amide bonds. The third-order valence-corrected chi connectivity index (χ3v) is 2.70. The highest BCUT2D eigenvalue weighted by atomic mass is 16.5. The van der Waals surface area contributed by atoms with Crippen molar-refractivity contribution in [2.24, 2.45) is 5.92 Å². The first kappa shape index (κ1) is 10.1. The van der Waals surface area contributed by atoms with Crippen molar-refractivity contribution in [2.75, 3.05) is 13.7 Å².